The van der Waals surface area contributed by atoms with Crippen molar-refractivity contribution in [2.24, 2.45) is 0 Å². The number of hydrogen-bond donors (Lipinski definition) is 2. The molecule has 0 aromatic heterocycles. The van der Waals surface area contributed by atoms with E-state index < -0.39 is 10.0 Å². The zero-order valence-electron chi connectivity index (χ0n) is 12.0. The van der Waals surface area contributed by atoms with Crippen LogP contribution in [0.2, 0.25) is 0 Å². The highest BCUT2D eigenvalue weighted by Crippen LogP contribution is 2.13. The van der Waals surface area contributed by atoms with Gasteiger partial charge in [0.15, 0.2) is 0 Å². The average Bonchev–Trinajstić information content (AvgIpc) is 2.43. The zero-order chi connectivity index (χ0) is 15.3. The van der Waals surface area contributed by atoms with Gasteiger partial charge in [0.2, 0.25) is 10.0 Å². The Balaban J connectivity index is 1.93. The Hall–Kier alpha value is -1.85. The first kappa shape index (κ1) is 15.5. The molecule has 3 N–H and O–H groups in total. The number of rotatable bonds is 6. The van der Waals surface area contributed by atoms with E-state index in [0.717, 1.165) is 5.56 Å². The van der Waals surface area contributed by atoms with Crippen molar-refractivity contribution >= 4 is 15.7 Å². The molecule has 0 radical (unpaired) electrons. The predicted octanol–water partition coefficient (Wildman–Crippen LogP) is 2.24. The highest BCUT2D eigenvalue weighted by molar-refractivity contribution is 7.88. The van der Waals surface area contributed by atoms with Gasteiger partial charge in [-0.1, -0.05) is 42.5 Å². The van der Waals surface area contributed by atoms with E-state index in [-0.39, 0.29) is 5.75 Å². The Morgan fingerprint density at radius 3 is 2.29 bits per heavy atom. The first-order chi connectivity index (χ1) is 9.98. The third kappa shape index (κ3) is 4.58. The Morgan fingerprint density at radius 2 is 1.62 bits per heavy atom. The Morgan fingerprint density at radius 1 is 1.00 bits per heavy atom. The lowest BCUT2D eigenvalue weighted by Crippen LogP contribution is -2.27. The Bertz CT molecular complexity index is 712. The van der Waals surface area contributed by atoms with Gasteiger partial charge in [-0.3, -0.25) is 0 Å². The van der Waals surface area contributed by atoms with Crippen LogP contribution in [-0.4, -0.2) is 15.0 Å². The molecular formula is C16H20N2O2S. The summed E-state index contributed by atoms with van der Waals surface area (Å²) < 4.78 is 26.7. The molecule has 0 fully saturated rings. The quantitative estimate of drug-likeness (QED) is 0.804. The molecule has 0 aliphatic heterocycles. The highest BCUT2D eigenvalue weighted by Gasteiger charge is 2.12. The second kappa shape index (κ2) is 6.74. The monoisotopic (exact) mass is 304 g/mol. The molecule has 0 bridgehead atoms. The van der Waals surface area contributed by atoms with Crippen LogP contribution in [0.4, 0.5) is 5.69 Å². The van der Waals surface area contributed by atoms with Crippen molar-refractivity contribution in [1.29, 1.82) is 0 Å². The van der Waals surface area contributed by atoms with E-state index in [1.807, 2.05) is 31.2 Å². The number of nitrogen functional groups attached to an aromatic ring is 1. The summed E-state index contributed by atoms with van der Waals surface area (Å²) >= 11 is 0. The van der Waals surface area contributed by atoms with E-state index in [1.165, 1.54) is 5.56 Å². The van der Waals surface area contributed by atoms with Gasteiger partial charge in [0.25, 0.3) is 0 Å². The van der Waals surface area contributed by atoms with Crippen LogP contribution in [0, 0.1) is 6.92 Å². The van der Waals surface area contributed by atoms with E-state index in [4.69, 9.17) is 5.73 Å². The molecule has 5 heteroatoms. The topological polar surface area (TPSA) is 72.2 Å². The minimum Gasteiger partial charge on any atom is -0.398 e. The van der Waals surface area contributed by atoms with E-state index in [1.54, 1.807) is 24.3 Å². The number of nitrogens with two attached hydrogens (primary N) is 1. The maximum absolute atomic E-state index is 12.1. The number of aryl methyl sites for hydroxylation is 1. The molecule has 2 aromatic rings. The van der Waals surface area contributed by atoms with Gasteiger partial charge in [-0.15, -0.1) is 0 Å². The molecule has 4 nitrogen and oxygen atoms in total. The van der Waals surface area contributed by atoms with Crippen LogP contribution in [0.25, 0.3) is 0 Å². The highest BCUT2D eigenvalue weighted by atomic mass is 32.2. The Labute approximate surface area is 126 Å². The summed E-state index contributed by atoms with van der Waals surface area (Å²) in [6.45, 7) is 2.41. The number of sulfonamides is 1. The van der Waals surface area contributed by atoms with Crippen LogP contribution in [0.3, 0.4) is 0 Å². The summed E-state index contributed by atoms with van der Waals surface area (Å²) in [5, 5.41) is 0. The smallest absolute Gasteiger partial charge is 0.215 e. The van der Waals surface area contributed by atoms with Crippen molar-refractivity contribution < 1.29 is 8.42 Å². The van der Waals surface area contributed by atoms with Crippen LogP contribution >= 0.6 is 0 Å². The summed E-state index contributed by atoms with van der Waals surface area (Å²) in [7, 11) is -3.37. The van der Waals surface area contributed by atoms with Crippen molar-refractivity contribution in [2.75, 3.05) is 12.3 Å². The molecule has 0 amide bonds. The second-order valence-corrected chi connectivity index (χ2v) is 6.84. The zero-order valence-corrected chi connectivity index (χ0v) is 12.9. The first-order valence-electron chi connectivity index (χ1n) is 6.83. The summed E-state index contributed by atoms with van der Waals surface area (Å²) in [5.74, 6) is -0.0898. The van der Waals surface area contributed by atoms with Crippen LogP contribution in [0.1, 0.15) is 16.7 Å². The number of hydrogen-bond acceptors (Lipinski definition) is 3. The van der Waals surface area contributed by atoms with E-state index in [2.05, 4.69) is 4.72 Å². The average molecular weight is 304 g/mol. The van der Waals surface area contributed by atoms with Gasteiger partial charge in [0.05, 0.1) is 5.75 Å². The van der Waals surface area contributed by atoms with Crippen LogP contribution in [0.5, 0.6) is 0 Å². The minimum absolute atomic E-state index is 0.0898. The molecular weight excluding hydrogens is 284 g/mol. The molecule has 112 valence electrons. The fourth-order valence-electron chi connectivity index (χ4n) is 2.15. The molecule has 0 aliphatic carbocycles. The van der Waals surface area contributed by atoms with Gasteiger partial charge in [-0.25, -0.2) is 13.1 Å². The lowest BCUT2D eigenvalue weighted by atomic mass is 10.1. The third-order valence-corrected chi connectivity index (χ3v) is 4.71. The van der Waals surface area contributed by atoms with E-state index in [0.29, 0.717) is 24.2 Å². The molecule has 0 spiro atoms. The molecule has 0 unspecified atom stereocenters. The number of anilines is 1. The van der Waals surface area contributed by atoms with Gasteiger partial charge >= 0.3 is 0 Å². The van der Waals surface area contributed by atoms with Crippen molar-refractivity contribution in [3.8, 4) is 0 Å². The summed E-state index contributed by atoms with van der Waals surface area (Å²) in [5.41, 5.74) is 9.23. The lowest BCUT2D eigenvalue weighted by molar-refractivity contribution is 0.581. The van der Waals surface area contributed by atoms with E-state index in [9.17, 15) is 8.42 Å². The molecule has 0 atom stereocenters. The summed E-state index contributed by atoms with van der Waals surface area (Å²) in [6.07, 6.45) is 0.677. The molecule has 0 saturated heterocycles. The number of benzene rings is 2. The van der Waals surface area contributed by atoms with Crippen LogP contribution in [0.15, 0.2) is 48.5 Å². The van der Waals surface area contributed by atoms with Gasteiger partial charge in [0, 0.05) is 12.2 Å². The van der Waals surface area contributed by atoms with Crippen LogP contribution < -0.4 is 10.5 Å². The van der Waals surface area contributed by atoms with Gasteiger partial charge < -0.3 is 5.73 Å². The third-order valence-electron chi connectivity index (χ3n) is 3.38. The SMILES string of the molecule is Cc1ccccc1CCNS(=O)(=O)Cc1ccccc1N. The van der Waals surface area contributed by atoms with Gasteiger partial charge in [-0.2, -0.15) is 0 Å². The lowest BCUT2D eigenvalue weighted by Gasteiger charge is -2.09. The second-order valence-electron chi connectivity index (χ2n) is 5.03. The van der Waals surface area contributed by atoms with E-state index >= 15 is 0 Å². The van der Waals surface area contributed by atoms with Crippen molar-refractivity contribution in [3.63, 3.8) is 0 Å². The molecule has 0 heterocycles. The van der Waals surface area contributed by atoms with Crippen molar-refractivity contribution in [3.05, 3.63) is 65.2 Å². The fourth-order valence-corrected chi connectivity index (χ4v) is 3.34. The molecule has 21 heavy (non-hydrogen) atoms. The summed E-state index contributed by atoms with van der Waals surface area (Å²) in [4.78, 5) is 0. The number of para-hydroxylation sites is 1. The maximum atomic E-state index is 12.1. The minimum atomic E-state index is -3.37. The van der Waals surface area contributed by atoms with Crippen molar-refractivity contribution in [1.82, 2.24) is 4.72 Å². The molecule has 0 aliphatic rings. The molecule has 0 saturated carbocycles. The molecule has 2 aromatic carbocycles. The largest absolute Gasteiger partial charge is 0.398 e. The first-order valence-corrected chi connectivity index (χ1v) is 8.48. The fraction of sp³-hybridized carbons (Fsp3) is 0.250. The van der Waals surface area contributed by atoms with Gasteiger partial charge in [0.1, 0.15) is 0 Å². The Kier molecular flexibility index (Phi) is 4.98. The normalized spacial score (nSPS) is 11.5. The maximum Gasteiger partial charge on any atom is 0.215 e. The molecule has 2 rings (SSSR count). The van der Waals surface area contributed by atoms with Crippen molar-refractivity contribution in [2.45, 2.75) is 19.1 Å². The van der Waals surface area contributed by atoms with Gasteiger partial charge in [-0.05, 0) is 36.1 Å². The number of nitrogens with one attached hydrogen (secondary N) is 1. The van der Waals surface area contributed by atoms with Crippen LogP contribution in [-0.2, 0) is 22.2 Å². The summed E-state index contributed by atoms with van der Waals surface area (Å²) in [6, 6.07) is 15.0. The standard InChI is InChI=1S/C16H20N2O2S/c1-13-6-2-3-7-14(13)10-11-18-21(19,20)12-15-8-4-5-9-16(15)17/h2-9,18H,10-12,17H2,1H3. The predicted molar refractivity (Wildman–Crippen MR) is 86.4 cm³/mol.